The van der Waals surface area contributed by atoms with Gasteiger partial charge in [-0.3, -0.25) is 9.13 Å². The summed E-state index contributed by atoms with van der Waals surface area (Å²) in [6.45, 7) is 39.7. The Bertz CT molecular complexity index is 4120. The van der Waals surface area contributed by atoms with E-state index in [4.69, 9.17) is 4.74 Å². The van der Waals surface area contributed by atoms with Gasteiger partial charge in [0.1, 0.15) is 24.3 Å². The highest BCUT2D eigenvalue weighted by Crippen LogP contribution is 2.28. The normalized spacial score (nSPS) is 11.0. The van der Waals surface area contributed by atoms with Crippen molar-refractivity contribution >= 4 is 0 Å². The second-order valence-electron chi connectivity index (χ2n) is 26.6. The average molecular weight is 1330 g/mol. The fourth-order valence-electron chi connectivity index (χ4n) is 10.4. The maximum atomic E-state index is 13.9. The van der Waals surface area contributed by atoms with Crippen LogP contribution in [0.3, 0.4) is 0 Å². The van der Waals surface area contributed by atoms with Gasteiger partial charge in [-0.25, -0.2) is 44.3 Å². The summed E-state index contributed by atoms with van der Waals surface area (Å²) in [7, 11) is 1.66. The molecule has 0 bridgehead atoms. The van der Waals surface area contributed by atoms with Crippen molar-refractivity contribution in [2.75, 3.05) is 7.11 Å². The van der Waals surface area contributed by atoms with Gasteiger partial charge in [0, 0.05) is 66.4 Å². The number of nitrogens with zero attached hydrogens (tertiary/aromatic N) is 14. The van der Waals surface area contributed by atoms with E-state index in [9.17, 15) is 14.6 Å². The number of imidazole rings is 6. The first kappa shape index (κ1) is 75.5. The van der Waals surface area contributed by atoms with Crippen LogP contribution in [0.4, 0.5) is 4.39 Å². The molecule has 8 heterocycles. The molecular formula is C80H101FN14O3. The topological polar surface area (TPSA) is 182 Å². The van der Waals surface area contributed by atoms with Crippen molar-refractivity contribution in [1.82, 2.24) is 67.3 Å². The first-order chi connectivity index (χ1) is 46.7. The van der Waals surface area contributed by atoms with Gasteiger partial charge in [0.15, 0.2) is 11.6 Å². The number of hydrogen-bond donors (Lipinski definition) is 2. The molecule has 0 fully saturated rings. The van der Waals surface area contributed by atoms with Gasteiger partial charge >= 0.3 is 0 Å². The second kappa shape index (κ2) is 35.4. The van der Waals surface area contributed by atoms with Gasteiger partial charge in [-0.2, -0.15) is 0 Å². The lowest BCUT2D eigenvalue weighted by Crippen LogP contribution is -2.01. The third-order valence-corrected chi connectivity index (χ3v) is 16.5. The minimum Gasteiger partial charge on any atom is -0.493 e. The van der Waals surface area contributed by atoms with Crippen molar-refractivity contribution in [3.05, 3.63) is 269 Å². The monoisotopic (exact) mass is 1320 g/mol. The maximum absolute atomic E-state index is 13.9. The molecule has 18 heteroatoms. The molecule has 0 amide bonds. The number of halogens is 1. The van der Waals surface area contributed by atoms with Crippen molar-refractivity contribution in [3.8, 4) is 40.1 Å². The zero-order valence-electron chi connectivity index (χ0n) is 61.1. The van der Waals surface area contributed by atoms with Gasteiger partial charge < -0.3 is 33.2 Å². The SMILES string of the molecule is COc1cc(C(C)C)cnc1-n1cnc(C)c1.Cc1cn(-c2ccc(C(C)C)cc2C)cn1.Cc1cn(-c2ccc(C(C)C)cc2CO)cn1.Cc1cn(-c2ccc(C(C)C)cc2CO)cn1.Cc1cn(-c2ccc(C(C)C)cc2F)cn1.Cc1cn(-c2ccc(C(C)C)cn2)cn1. The van der Waals surface area contributed by atoms with Crippen molar-refractivity contribution in [3.63, 3.8) is 0 Å². The van der Waals surface area contributed by atoms with Crippen LogP contribution in [0, 0.1) is 54.3 Å². The van der Waals surface area contributed by atoms with Crippen LogP contribution < -0.4 is 4.74 Å². The third kappa shape index (κ3) is 20.8. The number of hydrogen-bond acceptors (Lipinski definition) is 11. The highest BCUT2D eigenvalue weighted by Gasteiger charge is 2.14. The Hall–Kier alpha value is -9.91. The summed E-state index contributed by atoms with van der Waals surface area (Å²) in [5.41, 5.74) is 20.1. The van der Waals surface area contributed by atoms with Crippen molar-refractivity contribution in [2.24, 2.45) is 0 Å². The molecule has 12 rings (SSSR count). The maximum Gasteiger partial charge on any atom is 0.180 e. The van der Waals surface area contributed by atoms with Gasteiger partial charge in [-0.15, -0.1) is 0 Å². The van der Waals surface area contributed by atoms with Gasteiger partial charge in [0.2, 0.25) is 0 Å². The zero-order valence-corrected chi connectivity index (χ0v) is 61.1. The van der Waals surface area contributed by atoms with E-state index in [-0.39, 0.29) is 19.0 Å². The van der Waals surface area contributed by atoms with Crippen LogP contribution in [0.25, 0.3) is 34.4 Å². The van der Waals surface area contributed by atoms with Crippen molar-refractivity contribution in [1.29, 1.82) is 0 Å². The summed E-state index contributed by atoms with van der Waals surface area (Å²) in [5.74, 6) is 5.09. The molecule has 0 aliphatic rings. The minimum atomic E-state index is -0.205. The molecule has 0 saturated carbocycles. The lowest BCUT2D eigenvalue weighted by atomic mass is 10.00. The smallest absolute Gasteiger partial charge is 0.180 e. The molecule has 0 aliphatic heterocycles. The molecule has 12 aromatic rings. The molecule has 516 valence electrons. The Labute approximate surface area is 579 Å². The summed E-state index contributed by atoms with van der Waals surface area (Å²) in [6, 6.07) is 30.6. The largest absolute Gasteiger partial charge is 0.493 e. The predicted octanol–water partition coefficient (Wildman–Crippen LogP) is 18.1. The Morgan fingerprint density at radius 1 is 0.347 bits per heavy atom. The Morgan fingerprint density at radius 3 is 1.01 bits per heavy atom. The molecule has 2 N–H and O–H groups in total. The number of ether oxygens (including phenoxy) is 1. The number of aromatic nitrogens is 14. The number of rotatable bonds is 15. The number of pyridine rings is 2. The molecule has 0 spiro atoms. The van der Waals surface area contributed by atoms with E-state index in [0.29, 0.717) is 41.2 Å². The number of aryl methyl sites for hydroxylation is 7. The summed E-state index contributed by atoms with van der Waals surface area (Å²) in [4.78, 5) is 34.0. The predicted molar refractivity (Wildman–Crippen MR) is 393 cm³/mol. The van der Waals surface area contributed by atoms with E-state index < -0.39 is 0 Å². The van der Waals surface area contributed by atoms with Crippen LogP contribution >= 0.6 is 0 Å². The van der Waals surface area contributed by atoms with Crippen LogP contribution in [-0.2, 0) is 13.2 Å². The number of benzene rings is 4. The van der Waals surface area contributed by atoms with E-state index >= 15 is 0 Å². The molecule has 8 aromatic heterocycles. The first-order valence-corrected chi connectivity index (χ1v) is 33.6. The Kier molecular flexibility index (Phi) is 27.2. The second-order valence-corrected chi connectivity index (χ2v) is 26.6. The van der Waals surface area contributed by atoms with Gasteiger partial charge in [0.05, 0.1) is 96.9 Å². The zero-order chi connectivity index (χ0) is 71.5. The number of aliphatic hydroxyl groups is 2. The molecular weight excluding hydrogens is 1220 g/mol. The standard InChI is InChI=1S/2C14H18N2O.C14H18N2.C13H15FN2.C13H17N3O.C12H15N3/c2*1-10(2)12-4-5-14(13(6-12)8-17)16-7-11(3)15-9-16;1-10(2)13-5-6-14(11(3)7-13)16-8-12(4)15-9-16;1-9(2)11-4-5-13(12(14)6-11)16-7-10(3)15-8-16;1-9(2)11-5-12(17-4)13(14-6-11)16-7-10(3)15-8-16;1-9(2)11-4-5-12(13-6-11)15-7-10(3)14-8-15/h2*4-7,9-10,17H,8H2,1-3H3;5-10H,1-4H3;4-9H,1-3H3;5-9H,1-4H3;4-9H,1-3H3. The average Bonchev–Trinajstić information content (AvgIpc) is 1.92. The van der Waals surface area contributed by atoms with E-state index in [1.165, 1.54) is 39.1 Å². The quantitative estimate of drug-likeness (QED) is 0.0996. The molecule has 98 heavy (non-hydrogen) atoms. The van der Waals surface area contributed by atoms with E-state index in [1.807, 2.05) is 140 Å². The fourth-order valence-corrected chi connectivity index (χ4v) is 10.4. The van der Waals surface area contributed by atoms with E-state index in [1.54, 1.807) is 55.4 Å². The van der Waals surface area contributed by atoms with Crippen LogP contribution in [-0.4, -0.2) is 84.6 Å². The Morgan fingerprint density at radius 2 is 0.673 bits per heavy atom. The lowest BCUT2D eigenvalue weighted by Gasteiger charge is -2.12. The van der Waals surface area contributed by atoms with Crippen molar-refractivity contribution < 1.29 is 19.3 Å². The van der Waals surface area contributed by atoms with Crippen molar-refractivity contribution in [2.45, 2.75) is 180 Å². The number of aliphatic hydroxyl groups excluding tert-OH is 2. The van der Waals surface area contributed by atoms with Crippen LogP contribution in [0.2, 0.25) is 0 Å². The van der Waals surface area contributed by atoms with Gasteiger partial charge in [-0.05, 0) is 165 Å². The minimum absolute atomic E-state index is 0.0487. The molecule has 0 saturated heterocycles. The summed E-state index contributed by atoms with van der Waals surface area (Å²) in [6.07, 6.45) is 26.1. The fraction of sp³-hybridized carbons (Fsp3) is 0.350. The van der Waals surface area contributed by atoms with E-state index in [2.05, 4.69) is 189 Å². The van der Waals surface area contributed by atoms with Crippen LogP contribution in [0.15, 0.2) is 179 Å². The molecule has 0 radical (unpaired) electrons. The van der Waals surface area contributed by atoms with E-state index in [0.717, 1.165) is 79.6 Å². The highest BCUT2D eigenvalue weighted by atomic mass is 19.1. The molecule has 0 atom stereocenters. The van der Waals surface area contributed by atoms with Gasteiger partial charge in [0.25, 0.3) is 0 Å². The highest BCUT2D eigenvalue weighted by molar-refractivity contribution is 5.47. The molecule has 0 aliphatic carbocycles. The van der Waals surface area contributed by atoms with Gasteiger partial charge in [-0.1, -0.05) is 132 Å². The Balaban J connectivity index is 0.000000166. The molecule has 4 aromatic carbocycles. The van der Waals surface area contributed by atoms with Crippen LogP contribution in [0.5, 0.6) is 5.75 Å². The lowest BCUT2D eigenvalue weighted by molar-refractivity contribution is 0.281. The molecule has 17 nitrogen and oxygen atoms in total. The summed E-state index contributed by atoms with van der Waals surface area (Å²) < 4.78 is 30.7. The summed E-state index contributed by atoms with van der Waals surface area (Å²) >= 11 is 0. The molecule has 0 unspecified atom stereocenters. The van der Waals surface area contributed by atoms with Crippen LogP contribution in [0.1, 0.15) is 203 Å². The third-order valence-electron chi connectivity index (χ3n) is 16.5. The first-order valence-electron chi connectivity index (χ1n) is 33.6. The summed E-state index contributed by atoms with van der Waals surface area (Å²) in [5, 5.41) is 18.9. The number of methoxy groups -OCH3 is 1.